The van der Waals surface area contributed by atoms with Crippen molar-refractivity contribution in [2.75, 3.05) is 13.1 Å². The summed E-state index contributed by atoms with van der Waals surface area (Å²) in [4.78, 5) is 15.2. The summed E-state index contributed by atoms with van der Waals surface area (Å²) in [5.41, 5.74) is 4.14. The van der Waals surface area contributed by atoms with Gasteiger partial charge in [-0.25, -0.2) is 4.68 Å². The van der Waals surface area contributed by atoms with Crippen molar-refractivity contribution < 1.29 is 4.79 Å². The lowest BCUT2D eigenvalue weighted by atomic mass is 9.91. The maximum atomic E-state index is 13.2. The molecule has 0 unspecified atom stereocenters. The summed E-state index contributed by atoms with van der Waals surface area (Å²) in [5, 5.41) is 11.5. The quantitative estimate of drug-likeness (QED) is 0.773. The first-order valence-corrected chi connectivity index (χ1v) is 9.72. The maximum Gasteiger partial charge on any atom is 0.257 e. The summed E-state index contributed by atoms with van der Waals surface area (Å²) in [6.07, 6.45) is 9.89. The van der Waals surface area contributed by atoms with Crippen molar-refractivity contribution in [1.29, 1.82) is 0 Å². The van der Waals surface area contributed by atoms with Gasteiger partial charge >= 0.3 is 0 Å². The minimum atomic E-state index is 0.129. The summed E-state index contributed by atoms with van der Waals surface area (Å²) in [7, 11) is 0. The van der Waals surface area contributed by atoms with E-state index < -0.39 is 0 Å². The first-order chi connectivity index (χ1) is 13.3. The van der Waals surface area contributed by atoms with Crippen LogP contribution in [0.2, 0.25) is 0 Å². The molecule has 6 heteroatoms. The number of likely N-dealkylation sites (tertiary alicyclic amines) is 1. The van der Waals surface area contributed by atoms with Gasteiger partial charge < -0.3 is 4.90 Å². The zero-order valence-electron chi connectivity index (χ0n) is 15.2. The molecule has 0 radical (unpaired) electrons. The first-order valence-electron chi connectivity index (χ1n) is 9.72. The summed E-state index contributed by atoms with van der Waals surface area (Å²) in [6.45, 7) is 1.57. The molecule has 6 nitrogen and oxygen atoms in total. The molecular formula is C21H23N5O. The SMILES string of the molecule is O=C(c1cnn(-c2ccccc2)c1C1CC1)N1CCC(c2cn[nH]c2)CC1. The number of aromatic amines is 1. The lowest BCUT2D eigenvalue weighted by Gasteiger charge is -2.31. The third-order valence-corrected chi connectivity index (χ3v) is 5.77. The van der Waals surface area contributed by atoms with Crippen LogP contribution in [0.3, 0.4) is 0 Å². The molecule has 1 aliphatic heterocycles. The van der Waals surface area contributed by atoms with Crippen LogP contribution in [0.15, 0.2) is 48.9 Å². The standard InChI is InChI=1S/C21H23N5O/c27-21(25-10-8-15(9-11-25)17-12-22-23-13-17)19-14-24-26(20(19)16-6-7-16)18-4-2-1-3-5-18/h1-5,12-16H,6-11H2,(H,22,23). The highest BCUT2D eigenvalue weighted by atomic mass is 16.2. The Morgan fingerprint density at radius 2 is 1.78 bits per heavy atom. The number of H-pyrrole nitrogens is 1. The Morgan fingerprint density at radius 3 is 2.44 bits per heavy atom. The molecule has 2 aliphatic rings. The van der Waals surface area contributed by atoms with E-state index in [2.05, 4.69) is 15.3 Å². The van der Waals surface area contributed by atoms with Gasteiger partial charge in [0.2, 0.25) is 0 Å². The predicted octanol–water partition coefficient (Wildman–Crippen LogP) is 3.49. The summed E-state index contributed by atoms with van der Waals surface area (Å²) >= 11 is 0. The van der Waals surface area contributed by atoms with Crippen LogP contribution in [0.25, 0.3) is 5.69 Å². The smallest absolute Gasteiger partial charge is 0.257 e. The lowest BCUT2D eigenvalue weighted by molar-refractivity contribution is 0.0712. The lowest BCUT2D eigenvalue weighted by Crippen LogP contribution is -2.38. The van der Waals surface area contributed by atoms with Crippen LogP contribution in [0.5, 0.6) is 0 Å². The number of hydrogen-bond donors (Lipinski definition) is 1. The second-order valence-electron chi connectivity index (χ2n) is 7.56. The number of piperidine rings is 1. The van der Waals surface area contributed by atoms with E-state index in [-0.39, 0.29) is 5.91 Å². The Bertz CT molecular complexity index is 919. The van der Waals surface area contributed by atoms with Gasteiger partial charge in [-0.2, -0.15) is 10.2 Å². The Hall–Kier alpha value is -2.89. The average molecular weight is 361 g/mol. The highest BCUT2D eigenvalue weighted by molar-refractivity contribution is 5.95. The molecule has 1 aliphatic carbocycles. The molecule has 3 aromatic rings. The number of nitrogens with zero attached hydrogens (tertiary/aromatic N) is 4. The van der Waals surface area contributed by atoms with Crippen molar-refractivity contribution in [2.45, 2.75) is 37.5 Å². The number of para-hydroxylation sites is 1. The fourth-order valence-electron chi connectivity index (χ4n) is 4.12. The molecule has 27 heavy (non-hydrogen) atoms. The average Bonchev–Trinajstić information content (AvgIpc) is 3.24. The fourth-order valence-corrected chi connectivity index (χ4v) is 4.12. The van der Waals surface area contributed by atoms with Crippen LogP contribution >= 0.6 is 0 Å². The topological polar surface area (TPSA) is 66.8 Å². The van der Waals surface area contributed by atoms with Crippen LogP contribution < -0.4 is 0 Å². The molecule has 1 aromatic carbocycles. The number of carbonyl (C=O) groups is 1. The minimum absolute atomic E-state index is 0.129. The van der Waals surface area contributed by atoms with E-state index in [9.17, 15) is 4.79 Å². The van der Waals surface area contributed by atoms with Gasteiger partial charge in [0.15, 0.2) is 0 Å². The van der Waals surface area contributed by atoms with Gasteiger partial charge in [0.25, 0.3) is 5.91 Å². The molecule has 1 saturated carbocycles. The van der Waals surface area contributed by atoms with Gasteiger partial charge in [-0.1, -0.05) is 18.2 Å². The number of rotatable bonds is 4. The number of benzene rings is 1. The van der Waals surface area contributed by atoms with Crippen molar-refractivity contribution in [3.63, 3.8) is 0 Å². The number of hydrogen-bond acceptors (Lipinski definition) is 3. The van der Waals surface area contributed by atoms with Crippen LogP contribution in [0.4, 0.5) is 0 Å². The molecule has 5 rings (SSSR count). The zero-order chi connectivity index (χ0) is 18.2. The highest BCUT2D eigenvalue weighted by Crippen LogP contribution is 2.43. The number of aromatic nitrogens is 4. The summed E-state index contributed by atoms with van der Waals surface area (Å²) in [6, 6.07) is 10.1. The monoisotopic (exact) mass is 361 g/mol. The molecule has 2 fully saturated rings. The van der Waals surface area contributed by atoms with Crippen molar-refractivity contribution in [1.82, 2.24) is 24.9 Å². The van der Waals surface area contributed by atoms with Gasteiger partial charge in [-0.05, 0) is 49.3 Å². The largest absolute Gasteiger partial charge is 0.338 e. The molecular weight excluding hydrogens is 338 g/mol. The normalized spacial score (nSPS) is 18.0. The molecule has 2 aromatic heterocycles. The predicted molar refractivity (Wildman–Crippen MR) is 102 cm³/mol. The van der Waals surface area contributed by atoms with E-state index >= 15 is 0 Å². The van der Waals surface area contributed by atoms with E-state index in [1.807, 2.05) is 52.3 Å². The maximum absolute atomic E-state index is 13.2. The Labute approximate surface area is 158 Å². The molecule has 1 amide bonds. The van der Waals surface area contributed by atoms with E-state index in [1.54, 1.807) is 6.20 Å². The van der Waals surface area contributed by atoms with Gasteiger partial charge in [0.05, 0.1) is 29.3 Å². The fraction of sp³-hybridized carbons (Fsp3) is 0.381. The first kappa shape index (κ1) is 16.3. The molecule has 138 valence electrons. The molecule has 3 heterocycles. The molecule has 1 saturated heterocycles. The highest BCUT2D eigenvalue weighted by Gasteiger charge is 2.35. The van der Waals surface area contributed by atoms with Crippen LogP contribution in [-0.4, -0.2) is 43.9 Å². The van der Waals surface area contributed by atoms with Crippen molar-refractivity contribution in [3.05, 3.63) is 65.7 Å². The van der Waals surface area contributed by atoms with Crippen molar-refractivity contribution in [2.24, 2.45) is 0 Å². The number of amides is 1. The Kier molecular flexibility index (Phi) is 4.03. The third-order valence-electron chi connectivity index (χ3n) is 5.77. The number of carbonyl (C=O) groups excluding carboxylic acids is 1. The van der Waals surface area contributed by atoms with Crippen LogP contribution in [0.1, 0.15) is 59.1 Å². The van der Waals surface area contributed by atoms with E-state index in [0.29, 0.717) is 11.8 Å². The van der Waals surface area contributed by atoms with Crippen molar-refractivity contribution >= 4 is 5.91 Å². The van der Waals surface area contributed by atoms with Gasteiger partial charge in [-0.3, -0.25) is 9.89 Å². The van der Waals surface area contributed by atoms with E-state index in [4.69, 9.17) is 0 Å². The third kappa shape index (κ3) is 3.05. The van der Waals surface area contributed by atoms with Gasteiger partial charge in [0, 0.05) is 25.2 Å². The summed E-state index contributed by atoms with van der Waals surface area (Å²) in [5.74, 6) is 1.07. The number of nitrogens with one attached hydrogen (secondary N) is 1. The molecule has 0 atom stereocenters. The second kappa shape index (κ2) is 6.68. The van der Waals surface area contributed by atoms with E-state index in [1.165, 1.54) is 5.56 Å². The van der Waals surface area contributed by atoms with Crippen LogP contribution in [0, 0.1) is 0 Å². The molecule has 1 N–H and O–H groups in total. The minimum Gasteiger partial charge on any atom is -0.338 e. The van der Waals surface area contributed by atoms with Crippen LogP contribution in [-0.2, 0) is 0 Å². The molecule has 0 spiro atoms. The van der Waals surface area contributed by atoms with E-state index in [0.717, 1.165) is 55.7 Å². The van der Waals surface area contributed by atoms with Crippen molar-refractivity contribution in [3.8, 4) is 5.69 Å². The second-order valence-corrected chi connectivity index (χ2v) is 7.56. The zero-order valence-corrected chi connectivity index (χ0v) is 15.2. The van der Waals surface area contributed by atoms with Gasteiger partial charge in [0.1, 0.15) is 0 Å². The van der Waals surface area contributed by atoms with Gasteiger partial charge in [-0.15, -0.1) is 0 Å². The Morgan fingerprint density at radius 1 is 1.00 bits per heavy atom. The summed E-state index contributed by atoms with van der Waals surface area (Å²) < 4.78 is 1.96. The molecule has 0 bridgehead atoms. The Balaban J connectivity index is 1.37.